The average molecular weight is 238 g/mol. The second kappa shape index (κ2) is 4.27. The van der Waals surface area contributed by atoms with E-state index in [0.29, 0.717) is 6.54 Å². The predicted molar refractivity (Wildman–Crippen MR) is 58.8 cm³/mol. The number of amides is 1. The quantitative estimate of drug-likeness (QED) is 0.701. The third-order valence-corrected chi connectivity index (χ3v) is 2.72. The molecule has 2 heterocycles. The Morgan fingerprint density at radius 1 is 1.69 bits per heavy atom. The van der Waals surface area contributed by atoms with Gasteiger partial charge in [-0.05, 0) is 6.92 Å². The number of aryl methyl sites for hydroxylation is 1. The molecule has 84 valence electrons. The number of aromatic amines is 1. The maximum absolute atomic E-state index is 11.5. The molecule has 0 radical (unpaired) electrons. The van der Waals surface area contributed by atoms with Gasteiger partial charge in [-0.25, -0.2) is 4.98 Å². The number of hydrogen-bond acceptors (Lipinski definition) is 6. The summed E-state index contributed by atoms with van der Waals surface area (Å²) in [5, 5.41) is 9.65. The van der Waals surface area contributed by atoms with Gasteiger partial charge in [0.1, 0.15) is 0 Å². The summed E-state index contributed by atoms with van der Waals surface area (Å²) in [5.41, 5.74) is 5.29. The second-order valence-electron chi connectivity index (χ2n) is 3.07. The fraction of sp³-hybridized carbons (Fsp3) is 0.250. The van der Waals surface area contributed by atoms with Crippen LogP contribution in [0.15, 0.2) is 6.20 Å². The number of hydrogen-bond donors (Lipinski definition) is 3. The molecule has 0 unspecified atom stereocenters. The van der Waals surface area contributed by atoms with Gasteiger partial charge in [0.25, 0.3) is 5.91 Å². The Morgan fingerprint density at radius 2 is 2.50 bits per heavy atom. The minimum atomic E-state index is -0.338. The molecule has 0 aliphatic heterocycles. The fourth-order valence-electron chi connectivity index (χ4n) is 1.11. The van der Waals surface area contributed by atoms with E-state index in [1.807, 2.05) is 6.92 Å². The monoisotopic (exact) mass is 238 g/mol. The lowest BCUT2D eigenvalue weighted by Gasteiger charge is -1.98. The van der Waals surface area contributed by atoms with Crippen molar-refractivity contribution >= 4 is 23.2 Å². The van der Waals surface area contributed by atoms with Crippen LogP contribution in [0.5, 0.6) is 0 Å². The van der Waals surface area contributed by atoms with Crippen molar-refractivity contribution in [3.05, 3.63) is 21.9 Å². The van der Waals surface area contributed by atoms with Crippen molar-refractivity contribution in [3.8, 4) is 0 Å². The lowest BCUT2D eigenvalue weighted by Crippen LogP contribution is -2.23. The van der Waals surface area contributed by atoms with Gasteiger partial charge < -0.3 is 11.1 Å². The van der Waals surface area contributed by atoms with Gasteiger partial charge in [0, 0.05) is 11.1 Å². The van der Waals surface area contributed by atoms with Crippen molar-refractivity contribution in [1.29, 1.82) is 0 Å². The SMILES string of the molecule is Cc1ncc(CNC(=O)c2nc(N)n[nH]2)s1. The smallest absolute Gasteiger partial charge is 0.288 e. The summed E-state index contributed by atoms with van der Waals surface area (Å²) < 4.78 is 0. The largest absolute Gasteiger partial charge is 0.366 e. The Labute approximate surface area is 95.1 Å². The first-order valence-electron chi connectivity index (χ1n) is 4.52. The highest BCUT2D eigenvalue weighted by atomic mass is 32.1. The van der Waals surface area contributed by atoms with Gasteiger partial charge in [-0.3, -0.25) is 9.89 Å². The Bertz CT molecular complexity index is 504. The van der Waals surface area contributed by atoms with Crippen molar-refractivity contribution in [1.82, 2.24) is 25.5 Å². The first-order chi connectivity index (χ1) is 7.65. The fourth-order valence-corrected chi connectivity index (χ4v) is 1.85. The normalized spacial score (nSPS) is 10.3. The van der Waals surface area contributed by atoms with Gasteiger partial charge in [0.2, 0.25) is 11.8 Å². The van der Waals surface area contributed by atoms with E-state index >= 15 is 0 Å². The summed E-state index contributed by atoms with van der Waals surface area (Å²) in [7, 11) is 0. The van der Waals surface area contributed by atoms with E-state index in [9.17, 15) is 4.79 Å². The molecule has 0 spiro atoms. The molecule has 0 saturated carbocycles. The maximum Gasteiger partial charge on any atom is 0.288 e. The number of H-pyrrole nitrogens is 1. The van der Waals surface area contributed by atoms with Crippen LogP contribution in [0.25, 0.3) is 0 Å². The van der Waals surface area contributed by atoms with Crippen LogP contribution in [0.2, 0.25) is 0 Å². The molecule has 2 rings (SSSR count). The summed E-state index contributed by atoms with van der Waals surface area (Å²) in [4.78, 5) is 20.3. The van der Waals surface area contributed by atoms with Gasteiger partial charge >= 0.3 is 0 Å². The van der Waals surface area contributed by atoms with Crippen LogP contribution in [0.4, 0.5) is 5.95 Å². The predicted octanol–water partition coefficient (Wildman–Crippen LogP) is 0.0818. The number of nitrogen functional groups attached to an aromatic ring is 1. The number of nitrogens with zero attached hydrogens (tertiary/aromatic N) is 3. The van der Waals surface area contributed by atoms with Crippen LogP contribution in [-0.2, 0) is 6.54 Å². The number of thiazole rings is 1. The second-order valence-corrected chi connectivity index (χ2v) is 4.39. The van der Waals surface area contributed by atoms with E-state index in [1.165, 1.54) is 11.3 Å². The highest BCUT2D eigenvalue weighted by Crippen LogP contribution is 2.10. The summed E-state index contributed by atoms with van der Waals surface area (Å²) in [6, 6.07) is 0. The number of nitrogens with one attached hydrogen (secondary N) is 2. The molecule has 4 N–H and O–H groups in total. The number of rotatable bonds is 3. The van der Waals surface area contributed by atoms with Crippen molar-refractivity contribution in [3.63, 3.8) is 0 Å². The van der Waals surface area contributed by atoms with Crippen molar-refractivity contribution in [2.45, 2.75) is 13.5 Å². The lowest BCUT2D eigenvalue weighted by atomic mass is 10.5. The molecular weight excluding hydrogens is 228 g/mol. The van der Waals surface area contributed by atoms with Crippen LogP contribution < -0.4 is 11.1 Å². The van der Waals surface area contributed by atoms with E-state index in [4.69, 9.17) is 5.73 Å². The zero-order chi connectivity index (χ0) is 11.5. The zero-order valence-corrected chi connectivity index (χ0v) is 9.34. The van der Waals surface area contributed by atoms with Crippen molar-refractivity contribution in [2.75, 3.05) is 5.73 Å². The molecule has 2 aromatic heterocycles. The first-order valence-corrected chi connectivity index (χ1v) is 5.34. The van der Waals surface area contributed by atoms with Gasteiger partial charge in [-0.15, -0.1) is 16.4 Å². The Kier molecular flexibility index (Phi) is 2.82. The van der Waals surface area contributed by atoms with Gasteiger partial charge in [0.15, 0.2) is 0 Å². The Balaban J connectivity index is 1.93. The van der Waals surface area contributed by atoms with Crippen LogP contribution in [-0.4, -0.2) is 26.1 Å². The van der Waals surface area contributed by atoms with Crippen molar-refractivity contribution < 1.29 is 4.79 Å². The molecule has 0 fully saturated rings. The number of aromatic nitrogens is 4. The van der Waals surface area contributed by atoms with Crippen LogP contribution in [0, 0.1) is 6.92 Å². The number of carbonyl (C=O) groups is 1. The molecule has 16 heavy (non-hydrogen) atoms. The van der Waals surface area contributed by atoms with Gasteiger partial charge in [-0.2, -0.15) is 4.98 Å². The molecule has 0 bridgehead atoms. The maximum atomic E-state index is 11.5. The number of carbonyl (C=O) groups excluding carboxylic acids is 1. The van der Waals surface area contributed by atoms with E-state index in [1.54, 1.807) is 6.20 Å². The molecule has 0 aliphatic carbocycles. The van der Waals surface area contributed by atoms with Crippen LogP contribution in [0.3, 0.4) is 0 Å². The summed E-state index contributed by atoms with van der Waals surface area (Å²) in [6.45, 7) is 2.33. The van der Waals surface area contributed by atoms with E-state index in [-0.39, 0.29) is 17.7 Å². The van der Waals surface area contributed by atoms with E-state index < -0.39 is 0 Å². The molecule has 1 amide bonds. The molecule has 0 aromatic carbocycles. The molecule has 8 heteroatoms. The highest BCUT2D eigenvalue weighted by molar-refractivity contribution is 7.11. The lowest BCUT2D eigenvalue weighted by molar-refractivity contribution is 0.0941. The molecule has 2 aromatic rings. The van der Waals surface area contributed by atoms with Crippen LogP contribution >= 0.6 is 11.3 Å². The first kappa shape index (κ1) is 10.6. The van der Waals surface area contributed by atoms with E-state index in [2.05, 4.69) is 25.5 Å². The number of anilines is 1. The third-order valence-electron chi connectivity index (χ3n) is 1.81. The minimum absolute atomic E-state index is 0.0544. The van der Waals surface area contributed by atoms with Gasteiger partial charge in [-0.1, -0.05) is 0 Å². The molecule has 0 aliphatic rings. The highest BCUT2D eigenvalue weighted by Gasteiger charge is 2.10. The minimum Gasteiger partial charge on any atom is -0.366 e. The molecular formula is C8H10N6OS. The van der Waals surface area contributed by atoms with Crippen LogP contribution in [0.1, 0.15) is 20.5 Å². The number of nitrogens with two attached hydrogens (primary N) is 1. The Morgan fingerprint density at radius 3 is 3.06 bits per heavy atom. The average Bonchev–Trinajstić information content (AvgIpc) is 2.84. The topological polar surface area (TPSA) is 110 Å². The molecule has 0 saturated heterocycles. The third kappa shape index (κ3) is 2.34. The Hall–Kier alpha value is -1.96. The van der Waals surface area contributed by atoms with E-state index in [0.717, 1.165) is 9.88 Å². The summed E-state index contributed by atoms with van der Waals surface area (Å²) in [6.07, 6.45) is 1.73. The zero-order valence-electron chi connectivity index (χ0n) is 8.52. The summed E-state index contributed by atoms with van der Waals surface area (Å²) >= 11 is 1.53. The molecule has 7 nitrogen and oxygen atoms in total. The summed E-state index contributed by atoms with van der Waals surface area (Å²) in [5.74, 6) is -0.173. The standard InChI is InChI=1S/C8H10N6OS/c1-4-10-2-5(16-4)3-11-7(15)6-12-8(9)14-13-6/h2H,3H2,1H3,(H,11,15)(H3,9,12,13,14). The molecule has 0 atom stereocenters. The van der Waals surface area contributed by atoms with Gasteiger partial charge in [0.05, 0.1) is 11.6 Å². The van der Waals surface area contributed by atoms with Crippen molar-refractivity contribution in [2.24, 2.45) is 0 Å².